The number of nitrogens with one attached hydrogen (secondary N) is 1. The van der Waals surface area contributed by atoms with Crippen LogP contribution < -0.4 is 11.1 Å². The first kappa shape index (κ1) is 10.3. The summed E-state index contributed by atoms with van der Waals surface area (Å²) in [6.07, 6.45) is 1.17. The lowest BCUT2D eigenvalue weighted by molar-refractivity contribution is 0.0947. The van der Waals surface area contributed by atoms with Crippen molar-refractivity contribution >= 4 is 5.96 Å². The molecule has 0 aromatic heterocycles. The van der Waals surface area contributed by atoms with Crippen LogP contribution in [0.3, 0.4) is 0 Å². The van der Waals surface area contributed by atoms with E-state index in [4.69, 9.17) is 10.5 Å². The molecule has 0 aliphatic carbocycles. The molecule has 2 atom stereocenters. The minimum absolute atomic E-state index is 0.0528. The van der Waals surface area contributed by atoms with Gasteiger partial charge in [0.25, 0.3) is 0 Å². The maximum absolute atomic E-state index is 5.69. The number of rotatable bonds is 2. The second-order valence-electron chi connectivity index (χ2n) is 3.67. The maximum atomic E-state index is 5.69. The smallest absolute Gasteiger partial charge is 0.189 e. The van der Waals surface area contributed by atoms with Crippen molar-refractivity contribution in [1.82, 2.24) is 5.32 Å². The molecule has 2 unspecified atom stereocenters. The zero-order valence-corrected chi connectivity index (χ0v) is 8.63. The number of nitrogens with zero attached hydrogens (tertiary/aromatic N) is 1. The van der Waals surface area contributed by atoms with Gasteiger partial charge in [0.1, 0.15) is 0 Å². The average Bonchev–Trinajstić information content (AvgIpc) is 2.32. The molecular formula is C9H19N3O. The first-order valence-electron chi connectivity index (χ1n) is 4.78. The van der Waals surface area contributed by atoms with Crippen LogP contribution in [0, 0.1) is 0 Å². The Hall–Kier alpha value is -0.770. The number of aliphatic imine (C=N–C) groups is 1. The van der Waals surface area contributed by atoms with Crippen molar-refractivity contribution in [3.8, 4) is 0 Å². The van der Waals surface area contributed by atoms with Crippen molar-refractivity contribution in [2.45, 2.75) is 38.8 Å². The van der Waals surface area contributed by atoms with Crippen LogP contribution in [0.15, 0.2) is 4.99 Å². The summed E-state index contributed by atoms with van der Waals surface area (Å²) < 4.78 is 5.47. The molecule has 4 nitrogen and oxygen atoms in total. The molecule has 0 bridgehead atoms. The van der Waals surface area contributed by atoms with Gasteiger partial charge in [-0.3, -0.25) is 4.99 Å². The Morgan fingerprint density at radius 2 is 2.46 bits per heavy atom. The van der Waals surface area contributed by atoms with E-state index in [1.54, 1.807) is 0 Å². The summed E-state index contributed by atoms with van der Waals surface area (Å²) in [6.45, 7) is 7.64. The van der Waals surface area contributed by atoms with Crippen molar-refractivity contribution in [1.29, 1.82) is 0 Å². The van der Waals surface area contributed by atoms with Gasteiger partial charge in [-0.1, -0.05) is 0 Å². The fourth-order valence-electron chi connectivity index (χ4n) is 1.50. The molecule has 0 aromatic rings. The fraction of sp³-hybridized carbons (Fsp3) is 0.889. The van der Waals surface area contributed by atoms with Crippen LogP contribution in [-0.4, -0.2) is 30.8 Å². The van der Waals surface area contributed by atoms with Gasteiger partial charge in [0.2, 0.25) is 0 Å². The molecule has 0 radical (unpaired) electrons. The van der Waals surface area contributed by atoms with Gasteiger partial charge in [-0.25, -0.2) is 0 Å². The van der Waals surface area contributed by atoms with Gasteiger partial charge in [0.05, 0.1) is 11.6 Å². The van der Waals surface area contributed by atoms with Crippen molar-refractivity contribution in [3.63, 3.8) is 0 Å². The summed E-state index contributed by atoms with van der Waals surface area (Å²) in [5.74, 6) is 0.516. The van der Waals surface area contributed by atoms with E-state index in [-0.39, 0.29) is 11.6 Å². The Morgan fingerprint density at radius 1 is 1.77 bits per heavy atom. The van der Waals surface area contributed by atoms with Gasteiger partial charge in [0.15, 0.2) is 5.96 Å². The molecule has 0 aromatic carbocycles. The molecule has 13 heavy (non-hydrogen) atoms. The summed E-state index contributed by atoms with van der Waals surface area (Å²) in [6, 6.07) is 0. The second-order valence-corrected chi connectivity index (χ2v) is 3.67. The van der Waals surface area contributed by atoms with E-state index in [9.17, 15) is 0 Å². The van der Waals surface area contributed by atoms with Crippen LogP contribution in [0.4, 0.5) is 0 Å². The highest BCUT2D eigenvalue weighted by molar-refractivity contribution is 5.78. The number of ether oxygens (including phenoxy) is 1. The predicted octanol–water partition coefficient (Wildman–Crippen LogP) is 0.478. The molecule has 1 aliphatic rings. The molecule has 1 fully saturated rings. The zero-order chi connectivity index (χ0) is 9.90. The quantitative estimate of drug-likeness (QED) is 0.486. The summed E-state index contributed by atoms with van der Waals surface area (Å²) in [5, 5.41) is 3.21. The van der Waals surface area contributed by atoms with Gasteiger partial charge in [-0.15, -0.1) is 0 Å². The molecule has 1 saturated heterocycles. The number of nitrogens with two attached hydrogens (primary N) is 1. The van der Waals surface area contributed by atoms with Crippen molar-refractivity contribution in [2.75, 3.05) is 13.2 Å². The van der Waals surface area contributed by atoms with Gasteiger partial charge in [-0.05, 0) is 27.2 Å². The lowest BCUT2D eigenvalue weighted by Crippen LogP contribution is -2.53. The van der Waals surface area contributed by atoms with Crippen LogP contribution in [0.2, 0.25) is 0 Å². The van der Waals surface area contributed by atoms with Crippen LogP contribution in [0.5, 0.6) is 0 Å². The van der Waals surface area contributed by atoms with Crippen LogP contribution >= 0.6 is 0 Å². The molecule has 0 amide bonds. The topological polar surface area (TPSA) is 59.6 Å². The molecule has 3 N–H and O–H groups in total. The van der Waals surface area contributed by atoms with E-state index in [2.05, 4.69) is 24.2 Å². The van der Waals surface area contributed by atoms with Gasteiger partial charge in [-0.2, -0.15) is 0 Å². The predicted molar refractivity (Wildman–Crippen MR) is 53.7 cm³/mol. The molecule has 0 saturated carbocycles. The molecule has 1 aliphatic heterocycles. The van der Waals surface area contributed by atoms with E-state index < -0.39 is 0 Å². The monoisotopic (exact) mass is 185 g/mol. The van der Waals surface area contributed by atoms with E-state index in [1.807, 2.05) is 6.92 Å². The van der Waals surface area contributed by atoms with Gasteiger partial charge in [0, 0.05) is 13.2 Å². The summed E-state index contributed by atoms with van der Waals surface area (Å²) in [5.41, 5.74) is 5.64. The third-order valence-electron chi connectivity index (χ3n) is 2.63. The lowest BCUT2D eigenvalue weighted by Gasteiger charge is -2.29. The van der Waals surface area contributed by atoms with E-state index in [1.165, 1.54) is 0 Å². The molecule has 76 valence electrons. The minimum Gasteiger partial charge on any atom is -0.376 e. The Balaban J connectivity index is 2.56. The van der Waals surface area contributed by atoms with Crippen molar-refractivity contribution < 1.29 is 4.74 Å². The summed E-state index contributed by atoms with van der Waals surface area (Å²) in [7, 11) is 0. The van der Waals surface area contributed by atoms with Crippen molar-refractivity contribution in [2.24, 2.45) is 10.7 Å². The molecule has 0 spiro atoms. The Morgan fingerprint density at radius 3 is 2.92 bits per heavy atom. The third kappa shape index (κ3) is 2.34. The maximum Gasteiger partial charge on any atom is 0.189 e. The fourth-order valence-corrected chi connectivity index (χ4v) is 1.50. The molecule has 4 heteroatoms. The van der Waals surface area contributed by atoms with E-state index >= 15 is 0 Å². The second kappa shape index (κ2) is 3.96. The molecule has 1 heterocycles. The zero-order valence-electron chi connectivity index (χ0n) is 8.63. The van der Waals surface area contributed by atoms with Crippen LogP contribution in [-0.2, 0) is 4.74 Å². The van der Waals surface area contributed by atoms with E-state index in [0.717, 1.165) is 13.0 Å². The highest BCUT2D eigenvalue weighted by Gasteiger charge is 2.37. The average molecular weight is 185 g/mol. The minimum atomic E-state index is -0.0528. The molecule has 1 rings (SSSR count). The normalized spacial score (nSPS) is 35.0. The number of guanidine groups is 1. The first-order valence-corrected chi connectivity index (χ1v) is 4.78. The Bertz CT molecular complexity index is 205. The van der Waals surface area contributed by atoms with Crippen LogP contribution in [0.1, 0.15) is 27.2 Å². The van der Waals surface area contributed by atoms with E-state index in [0.29, 0.717) is 12.5 Å². The summed E-state index contributed by atoms with van der Waals surface area (Å²) in [4.78, 5) is 4.10. The largest absolute Gasteiger partial charge is 0.376 e. The van der Waals surface area contributed by atoms with Gasteiger partial charge >= 0.3 is 0 Å². The Labute approximate surface area is 79.6 Å². The SMILES string of the molecule is CCN=C(N)NC1(C)CCOC1C. The highest BCUT2D eigenvalue weighted by Crippen LogP contribution is 2.24. The number of hydrogen-bond acceptors (Lipinski definition) is 2. The number of hydrogen-bond donors (Lipinski definition) is 2. The summed E-state index contributed by atoms with van der Waals surface area (Å²) >= 11 is 0. The standard InChI is InChI=1S/C9H19N3O/c1-4-11-8(10)12-9(3)5-6-13-7(9)2/h7H,4-6H2,1-3H3,(H3,10,11,12). The first-order chi connectivity index (χ1) is 6.08. The Kier molecular flexibility index (Phi) is 3.14. The third-order valence-corrected chi connectivity index (χ3v) is 2.63. The van der Waals surface area contributed by atoms with Gasteiger partial charge < -0.3 is 15.8 Å². The lowest BCUT2D eigenvalue weighted by atomic mass is 9.95. The highest BCUT2D eigenvalue weighted by atomic mass is 16.5. The van der Waals surface area contributed by atoms with Crippen molar-refractivity contribution in [3.05, 3.63) is 0 Å². The molecular weight excluding hydrogens is 166 g/mol. The van der Waals surface area contributed by atoms with Crippen LogP contribution in [0.25, 0.3) is 0 Å².